The first kappa shape index (κ1) is 20.5. The topological polar surface area (TPSA) is 40.5 Å². The van der Waals surface area contributed by atoms with E-state index in [9.17, 15) is 5.11 Å². The average Bonchev–Trinajstić information content (AvgIpc) is 2.29. The van der Waals surface area contributed by atoms with E-state index in [-0.39, 0.29) is 6.61 Å². The zero-order valence-electron chi connectivity index (χ0n) is 13.4. The fourth-order valence-electron chi connectivity index (χ4n) is 1.40. The molecule has 2 heteroatoms. The molecule has 0 aromatic rings. The van der Waals surface area contributed by atoms with Crippen LogP contribution in [0.2, 0.25) is 0 Å². The fraction of sp³-hybridized carbons (Fsp3) is 0.647. The molecule has 0 spiro atoms. The van der Waals surface area contributed by atoms with Gasteiger partial charge in [-0.25, -0.2) is 0 Å². The Bertz CT molecular complexity index is 282. The van der Waals surface area contributed by atoms with Crippen LogP contribution in [0.15, 0.2) is 36.0 Å². The number of aliphatic hydroxyl groups is 2. The third-order valence-electron chi connectivity index (χ3n) is 2.67. The maximum atomic E-state index is 9.73. The van der Waals surface area contributed by atoms with E-state index in [0.29, 0.717) is 0 Å². The fourth-order valence-corrected chi connectivity index (χ4v) is 1.40. The van der Waals surface area contributed by atoms with Gasteiger partial charge in [0.1, 0.15) is 0 Å². The Labute approximate surface area is 119 Å². The molecule has 0 rings (SSSR count). The molecule has 2 N–H and O–H groups in total. The van der Waals surface area contributed by atoms with E-state index in [2.05, 4.69) is 39.5 Å². The SMILES string of the molecule is C=CC(C)(O)CCC=C(C)CCC=C(C)C.CCO. The molecule has 0 aliphatic carbocycles. The van der Waals surface area contributed by atoms with Crippen LogP contribution >= 0.6 is 0 Å². The Morgan fingerprint density at radius 3 is 2.11 bits per heavy atom. The van der Waals surface area contributed by atoms with E-state index in [4.69, 9.17) is 5.11 Å². The van der Waals surface area contributed by atoms with Gasteiger partial charge >= 0.3 is 0 Å². The van der Waals surface area contributed by atoms with Crippen LogP contribution in [-0.4, -0.2) is 22.4 Å². The smallest absolute Gasteiger partial charge is 0.0800 e. The molecule has 2 nitrogen and oxygen atoms in total. The summed E-state index contributed by atoms with van der Waals surface area (Å²) in [5.74, 6) is 0. The first-order chi connectivity index (χ1) is 8.79. The highest BCUT2D eigenvalue weighted by Gasteiger charge is 2.12. The molecule has 0 fully saturated rings. The second kappa shape index (κ2) is 12.2. The van der Waals surface area contributed by atoms with Crippen molar-refractivity contribution in [1.82, 2.24) is 0 Å². The van der Waals surface area contributed by atoms with Gasteiger partial charge in [-0.1, -0.05) is 29.4 Å². The summed E-state index contributed by atoms with van der Waals surface area (Å²) in [5.41, 5.74) is 2.05. The molecule has 1 atom stereocenters. The van der Waals surface area contributed by atoms with Crippen molar-refractivity contribution < 1.29 is 10.2 Å². The van der Waals surface area contributed by atoms with Crippen LogP contribution in [0.3, 0.4) is 0 Å². The van der Waals surface area contributed by atoms with Crippen LogP contribution < -0.4 is 0 Å². The summed E-state index contributed by atoms with van der Waals surface area (Å²) in [4.78, 5) is 0. The minimum atomic E-state index is -0.726. The predicted octanol–water partition coefficient (Wildman–Crippen LogP) is 4.39. The molecular weight excluding hydrogens is 236 g/mol. The average molecular weight is 268 g/mol. The second-order valence-corrected chi connectivity index (χ2v) is 5.29. The van der Waals surface area contributed by atoms with Gasteiger partial charge in [0, 0.05) is 6.61 Å². The van der Waals surface area contributed by atoms with Gasteiger partial charge in [-0.15, -0.1) is 6.58 Å². The lowest BCUT2D eigenvalue weighted by Gasteiger charge is -2.16. The van der Waals surface area contributed by atoms with Crippen molar-refractivity contribution in [2.45, 2.75) is 65.9 Å². The Morgan fingerprint density at radius 2 is 1.68 bits per heavy atom. The highest BCUT2D eigenvalue weighted by molar-refractivity contribution is 5.03. The summed E-state index contributed by atoms with van der Waals surface area (Å²) in [6.07, 6.45) is 9.98. The normalized spacial score (nSPS) is 13.9. The number of allylic oxidation sites excluding steroid dienone is 4. The Balaban J connectivity index is 0. The lowest BCUT2D eigenvalue weighted by molar-refractivity contribution is 0.103. The molecule has 0 radical (unpaired) electrons. The quantitative estimate of drug-likeness (QED) is 0.672. The van der Waals surface area contributed by atoms with Crippen LogP contribution in [0.1, 0.15) is 60.3 Å². The van der Waals surface area contributed by atoms with Gasteiger partial charge in [-0.3, -0.25) is 0 Å². The zero-order chi connectivity index (χ0) is 15.3. The van der Waals surface area contributed by atoms with E-state index >= 15 is 0 Å². The largest absolute Gasteiger partial charge is 0.397 e. The summed E-state index contributed by atoms with van der Waals surface area (Å²) in [5, 5.41) is 17.3. The standard InChI is InChI=1S/C15H26O.C2H6O/c1-6-15(5,16)12-8-11-14(4)10-7-9-13(2)3;1-2-3/h6,9,11,16H,1,7-8,10,12H2,2-5H3;3H,2H2,1H3. The molecule has 0 bridgehead atoms. The van der Waals surface area contributed by atoms with Crippen LogP contribution in [0.5, 0.6) is 0 Å². The summed E-state index contributed by atoms with van der Waals surface area (Å²) >= 11 is 0. The first-order valence-electron chi connectivity index (χ1n) is 7.04. The van der Waals surface area contributed by atoms with E-state index in [1.54, 1.807) is 19.9 Å². The van der Waals surface area contributed by atoms with Gasteiger partial charge in [-0.2, -0.15) is 0 Å². The third-order valence-corrected chi connectivity index (χ3v) is 2.67. The molecule has 0 heterocycles. The molecular formula is C17H32O2. The molecule has 0 aromatic carbocycles. The van der Waals surface area contributed by atoms with E-state index < -0.39 is 5.60 Å². The third kappa shape index (κ3) is 17.1. The van der Waals surface area contributed by atoms with Gasteiger partial charge in [0.15, 0.2) is 0 Å². The molecule has 19 heavy (non-hydrogen) atoms. The predicted molar refractivity (Wildman–Crippen MR) is 85.2 cm³/mol. The number of rotatable bonds is 7. The highest BCUT2D eigenvalue weighted by atomic mass is 16.3. The minimum absolute atomic E-state index is 0.250. The molecule has 112 valence electrons. The highest BCUT2D eigenvalue weighted by Crippen LogP contribution is 2.15. The number of aliphatic hydroxyl groups excluding tert-OH is 1. The van der Waals surface area contributed by atoms with Crippen molar-refractivity contribution >= 4 is 0 Å². The van der Waals surface area contributed by atoms with Gasteiger partial charge in [0.25, 0.3) is 0 Å². The van der Waals surface area contributed by atoms with Crippen molar-refractivity contribution in [2.24, 2.45) is 0 Å². The van der Waals surface area contributed by atoms with Crippen molar-refractivity contribution in [2.75, 3.05) is 6.61 Å². The van der Waals surface area contributed by atoms with Crippen LogP contribution in [0.25, 0.3) is 0 Å². The molecule has 0 saturated carbocycles. The van der Waals surface area contributed by atoms with Gasteiger partial charge in [0.2, 0.25) is 0 Å². The van der Waals surface area contributed by atoms with Gasteiger partial charge < -0.3 is 10.2 Å². The lowest BCUT2D eigenvalue weighted by atomic mass is 9.99. The number of hydrogen-bond donors (Lipinski definition) is 2. The Hall–Kier alpha value is -0.860. The maximum absolute atomic E-state index is 9.73. The molecule has 0 aliphatic heterocycles. The van der Waals surface area contributed by atoms with E-state index in [1.807, 2.05) is 0 Å². The van der Waals surface area contributed by atoms with Crippen LogP contribution in [0, 0.1) is 0 Å². The molecule has 0 saturated heterocycles. The Morgan fingerprint density at radius 1 is 1.16 bits per heavy atom. The summed E-state index contributed by atoms with van der Waals surface area (Å²) in [6, 6.07) is 0. The van der Waals surface area contributed by atoms with Crippen molar-refractivity contribution in [3.8, 4) is 0 Å². The number of hydrogen-bond acceptors (Lipinski definition) is 2. The van der Waals surface area contributed by atoms with E-state index in [1.165, 1.54) is 11.1 Å². The molecule has 0 aliphatic rings. The molecule has 1 unspecified atom stereocenters. The molecule has 0 aromatic heterocycles. The lowest BCUT2D eigenvalue weighted by Crippen LogP contribution is -2.19. The Kier molecular flexibility index (Phi) is 13.1. The summed E-state index contributed by atoms with van der Waals surface area (Å²) < 4.78 is 0. The van der Waals surface area contributed by atoms with Gasteiger partial charge in [-0.05, 0) is 60.3 Å². The maximum Gasteiger partial charge on any atom is 0.0800 e. The zero-order valence-corrected chi connectivity index (χ0v) is 13.4. The van der Waals surface area contributed by atoms with Crippen LogP contribution in [0.4, 0.5) is 0 Å². The monoisotopic (exact) mass is 268 g/mol. The minimum Gasteiger partial charge on any atom is -0.397 e. The van der Waals surface area contributed by atoms with Crippen molar-refractivity contribution in [3.05, 3.63) is 36.0 Å². The first-order valence-corrected chi connectivity index (χ1v) is 7.04. The van der Waals surface area contributed by atoms with E-state index in [0.717, 1.165) is 25.7 Å². The van der Waals surface area contributed by atoms with Crippen LogP contribution in [-0.2, 0) is 0 Å². The van der Waals surface area contributed by atoms with Crippen molar-refractivity contribution in [3.63, 3.8) is 0 Å². The van der Waals surface area contributed by atoms with Gasteiger partial charge in [0.05, 0.1) is 5.60 Å². The summed E-state index contributed by atoms with van der Waals surface area (Å²) in [7, 11) is 0. The molecule has 0 amide bonds. The van der Waals surface area contributed by atoms with Crippen molar-refractivity contribution in [1.29, 1.82) is 0 Å². The second-order valence-electron chi connectivity index (χ2n) is 5.29. The summed E-state index contributed by atoms with van der Waals surface area (Å²) in [6.45, 7) is 13.8.